The Hall–Kier alpha value is -0.590. The number of ether oxygens (including phenoxy) is 1. The van der Waals surface area contributed by atoms with Crippen molar-refractivity contribution in [3.8, 4) is 5.75 Å². The predicted octanol–water partition coefficient (Wildman–Crippen LogP) is 4.64. The van der Waals surface area contributed by atoms with Crippen molar-refractivity contribution in [2.75, 3.05) is 0 Å². The van der Waals surface area contributed by atoms with E-state index in [9.17, 15) is 0 Å². The third-order valence-electron chi connectivity index (χ3n) is 3.34. The minimum Gasteiger partial charge on any atom is -0.490 e. The Morgan fingerprint density at radius 3 is 2.75 bits per heavy atom. The summed E-state index contributed by atoms with van der Waals surface area (Å²) < 4.78 is 8.06. The van der Waals surface area contributed by atoms with Crippen molar-refractivity contribution in [3.63, 3.8) is 0 Å². The Morgan fingerprint density at radius 2 is 2.00 bits per heavy atom. The fourth-order valence-corrected chi connectivity index (χ4v) is 3.10. The fourth-order valence-electron chi connectivity index (χ4n) is 2.09. The second-order valence-corrected chi connectivity index (χ2v) is 7.13. The molecule has 0 spiro atoms. The Labute approximate surface area is 141 Å². The largest absolute Gasteiger partial charge is 0.490 e. The maximum atomic E-state index is 6.41. The van der Waals surface area contributed by atoms with Crippen LogP contribution in [0.5, 0.6) is 5.75 Å². The quantitative estimate of drug-likeness (QED) is 0.698. The fraction of sp³-hybridized carbons (Fsp3) is 0.250. The Bertz CT molecular complexity index is 628. The summed E-state index contributed by atoms with van der Waals surface area (Å²) in [5, 5.41) is 0. The summed E-state index contributed by atoms with van der Waals surface area (Å²) in [6, 6.07) is 14.2. The molecule has 104 valence electrons. The molecule has 1 unspecified atom stereocenters. The summed E-state index contributed by atoms with van der Waals surface area (Å²) >= 11 is 5.89. The van der Waals surface area contributed by atoms with Crippen LogP contribution in [0.2, 0.25) is 0 Å². The highest BCUT2D eigenvalue weighted by atomic mass is 127. The number of hydrogen-bond acceptors (Lipinski definition) is 2. The van der Waals surface area contributed by atoms with Gasteiger partial charge in [-0.1, -0.05) is 28.1 Å². The summed E-state index contributed by atoms with van der Waals surface area (Å²) in [6.07, 6.45) is 2.74. The zero-order chi connectivity index (χ0) is 14.1. The second kappa shape index (κ2) is 6.03. The first-order valence-corrected chi connectivity index (χ1v) is 8.48. The van der Waals surface area contributed by atoms with Gasteiger partial charge in [0, 0.05) is 8.04 Å². The molecule has 1 aliphatic rings. The van der Waals surface area contributed by atoms with E-state index in [4.69, 9.17) is 10.5 Å². The molecule has 1 atom stereocenters. The van der Waals surface area contributed by atoms with Gasteiger partial charge in [0.15, 0.2) is 0 Å². The number of benzene rings is 2. The van der Waals surface area contributed by atoms with E-state index in [1.807, 2.05) is 18.2 Å². The van der Waals surface area contributed by atoms with Crippen LogP contribution >= 0.6 is 38.5 Å². The van der Waals surface area contributed by atoms with Crippen molar-refractivity contribution in [1.29, 1.82) is 0 Å². The molecule has 0 aliphatic heterocycles. The van der Waals surface area contributed by atoms with E-state index in [0.29, 0.717) is 6.10 Å². The molecule has 0 radical (unpaired) electrons. The molecule has 4 heteroatoms. The van der Waals surface area contributed by atoms with Crippen LogP contribution in [0, 0.1) is 3.57 Å². The van der Waals surface area contributed by atoms with Crippen LogP contribution in [0.4, 0.5) is 0 Å². The minimum absolute atomic E-state index is 0.151. The molecule has 0 aromatic heterocycles. The first-order valence-electron chi connectivity index (χ1n) is 6.60. The van der Waals surface area contributed by atoms with E-state index in [-0.39, 0.29) is 6.04 Å². The Morgan fingerprint density at radius 1 is 1.20 bits per heavy atom. The molecule has 3 rings (SSSR count). The zero-order valence-electron chi connectivity index (χ0n) is 10.9. The molecule has 0 heterocycles. The van der Waals surface area contributed by atoms with Crippen LogP contribution in [0.1, 0.15) is 30.0 Å². The average Bonchev–Trinajstić information content (AvgIpc) is 3.25. The number of halogens is 2. The Balaban J connectivity index is 1.88. The van der Waals surface area contributed by atoms with E-state index in [1.165, 1.54) is 16.4 Å². The van der Waals surface area contributed by atoms with Gasteiger partial charge in [-0.2, -0.15) is 0 Å². The van der Waals surface area contributed by atoms with Crippen LogP contribution < -0.4 is 10.5 Å². The standard InChI is InChI=1S/C16H15BrINO/c17-15-7-4-11(18)9-14(15)16(19)10-2-1-3-13(8-10)20-12-5-6-12/h1-4,7-9,12,16H,5-6,19H2. The lowest BCUT2D eigenvalue weighted by Gasteiger charge is -2.16. The van der Waals surface area contributed by atoms with Gasteiger partial charge in [-0.05, 0) is 76.9 Å². The van der Waals surface area contributed by atoms with Crippen LogP contribution in [0.15, 0.2) is 46.9 Å². The van der Waals surface area contributed by atoms with Crippen LogP contribution in [0.3, 0.4) is 0 Å². The van der Waals surface area contributed by atoms with Gasteiger partial charge in [-0.25, -0.2) is 0 Å². The third-order valence-corrected chi connectivity index (χ3v) is 4.73. The molecule has 2 N–H and O–H groups in total. The van der Waals surface area contributed by atoms with E-state index in [1.54, 1.807) is 0 Å². The van der Waals surface area contributed by atoms with Crippen molar-refractivity contribution >= 4 is 38.5 Å². The second-order valence-electron chi connectivity index (χ2n) is 5.03. The summed E-state index contributed by atoms with van der Waals surface area (Å²) in [4.78, 5) is 0. The van der Waals surface area contributed by atoms with Crippen LogP contribution in [-0.2, 0) is 0 Å². The van der Waals surface area contributed by atoms with Gasteiger partial charge >= 0.3 is 0 Å². The molecule has 1 fully saturated rings. The van der Waals surface area contributed by atoms with Crippen molar-refractivity contribution < 1.29 is 4.74 Å². The highest BCUT2D eigenvalue weighted by Crippen LogP contribution is 2.32. The van der Waals surface area contributed by atoms with Gasteiger partial charge in [0.1, 0.15) is 5.75 Å². The molecule has 20 heavy (non-hydrogen) atoms. The maximum Gasteiger partial charge on any atom is 0.120 e. The lowest BCUT2D eigenvalue weighted by molar-refractivity contribution is 0.303. The molecule has 0 amide bonds. The molecule has 2 nitrogen and oxygen atoms in total. The van der Waals surface area contributed by atoms with E-state index < -0.39 is 0 Å². The van der Waals surface area contributed by atoms with Crippen molar-refractivity contribution in [1.82, 2.24) is 0 Å². The smallest absolute Gasteiger partial charge is 0.120 e. The molecule has 1 aliphatic carbocycles. The first-order chi connectivity index (χ1) is 9.63. The zero-order valence-corrected chi connectivity index (χ0v) is 14.6. The lowest BCUT2D eigenvalue weighted by atomic mass is 9.99. The number of nitrogens with two attached hydrogens (primary N) is 1. The van der Waals surface area contributed by atoms with Gasteiger partial charge in [-0.3, -0.25) is 0 Å². The van der Waals surface area contributed by atoms with E-state index >= 15 is 0 Å². The predicted molar refractivity (Wildman–Crippen MR) is 93.0 cm³/mol. The number of hydrogen-bond donors (Lipinski definition) is 1. The minimum atomic E-state index is -0.151. The first kappa shape index (κ1) is 14.4. The number of rotatable bonds is 4. The van der Waals surface area contributed by atoms with Gasteiger partial charge < -0.3 is 10.5 Å². The average molecular weight is 444 g/mol. The van der Waals surface area contributed by atoms with Crippen molar-refractivity contribution in [3.05, 3.63) is 61.6 Å². The molecule has 0 bridgehead atoms. The lowest BCUT2D eigenvalue weighted by Crippen LogP contribution is -2.13. The third kappa shape index (κ3) is 3.35. The highest BCUT2D eigenvalue weighted by molar-refractivity contribution is 14.1. The summed E-state index contributed by atoms with van der Waals surface area (Å²) in [7, 11) is 0. The highest BCUT2D eigenvalue weighted by Gasteiger charge is 2.23. The molecule has 2 aromatic rings. The van der Waals surface area contributed by atoms with Crippen LogP contribution in [0.25, 0.3) is 0 Å². The SMILES string of the molecule is NC(c1cccc(OC2CC2)c1)c1cc(I)ccc1Br. The normalized spacial score (nSPS) is 15.9. The molecule has 2 aromatic carbocycles. The topological polar surface area (TPSA) is 35.2 Å². The van der Waals surface area contributed by atoms with Gasteiger partial charge in [0.25, 0.3) is 0 Å². The summed E-state index contributed by atoms with van der Waals surface area (Å²) in [5.41, 5.74) is 8.58. The Kier molecular flexibility index (Phi) is 4.33. The maximum absolute atomic E-state index is 6.41. The molecule has 0 saturated heterocycles. The van der Waals surface area contributed by atoms with Gasteiger partial charge in [-0.15, -0.1) is 0 Å². The summed E-state index contributed by atoms with van der Waals surface area (Å²) in [5.74, 6) is 0.919. The monoisotopic (exact) mass is 443 g/mol. The molecule has 1 saturated carbocycles. The molecular weight excluding hydrogens is 429 g/mol. The van der Waals surface area contributed by atoms with E-state index in [0.717, 1.165) is 21.3 Å². The van der Waals surface area contributed by atoms with Crippen LogP contribution in [-0.4, -0.2) is 6.10 Å². The van der Waals surface area contributed by atoms with Gasteiger partial charge in [0.05, 0.1) is 12.1 Å². The van der Waals surface area contributed by atoms with Gasteiger partial charge in [0.2, 0.25) is 0 Å². The van der Waals surface area contributed by atoms with Crippen molar-refractivity contribution in [2.24, 2.45) is 5.73 Å². The van der Waals surface area contributed by atoms with E-state index in [2.05, 4.69) is 62.8 Å². The van der Waals surface area contributed by atoms with Crippen molar-refractivity contribution in [2.45, 2.75) is 25.0 Å². The summed E-state index contributed by atoms with van der Waals surface area (Å²) in [6.45, 7) is 0. The molecular formula is C16H15BrINO.